The van der Waals surface area contributed by atoms with Crippen molar-refractivity contribution in [3.05, 3.63) is 18.0 Å². The molecule has 0 spiro atoms. The molecule has 94 valence electrons. The first-order valence-corrected chi connectivity index (χ1v) is 5.54. The summed E-state index contributed by atoms with van der Waals surface area (Å²) in [6.45, 7) is 2.77. The molecular weight excluding hydrogens is 238 g/mol. The van der Waals surface area contributed by atoms with E-state index in [9.17, 15) is 4.79 Å². The third-order valence-corrected chi connectivity index (χ3v) is 2.78. The Morgan fingerprint density at radius 1 is 1.28 bits per heavy atom. The first kappa shape index (κ1) is 10.9. The van der Waals surface area contributed by atoms with Crippen molar-refractivity contribution in [1.29, 1.82) is 0 Å². The van der Waals surface area contributed by atoms with Gasteiger partial charge in [0.25, 0.3) is 5.82 Å². The summed E-state index contributed by atoms with van der Waals surface area (Å²) in [6, 6.07) is 3.51. The second-order valence-corrected chi connectivity index (χ2v) is 3.89. The highest BCUT2D eigenvalue weighted by Crippen LogP contribution is 2.13. The zero-order valence-electron chi connectivity index (χ0n) is 9.48. The monoisotopic (exact) mass is 249 g/mol. The fourth-order valence-electron chi connectivity index (χ4n) is 1.87. The van der Waals surface area contributed by atoms with Gasteiger partial charge in [-0.1, -0.05) is 0 Å². The molecule has 1 saturated heterocycles. The molecule has 1 aliphatic heterocycles. The first-order chi connectivity index (χ1) is 8.75. The van der Waals surface area contributed by atoms with Crippen LogP contribution in [0.3, 0.4) is 0 Å². The lowest BCUT2D eigenvalue weighted by Gasteiger charge is -2.27. The molecule has 0 saturated carbocycles. The third-order valence-electron chi connectivity index (χ3n) is 2.78. The van der Waals surface area contributed by atoms with Gasteiger partial charge in [-0.3, -0.25) is 0 Å². The van der Waals surface area contributed by atoms with Crippen LogP contribution >= 0.6 is 0 Å². The molecule has 8 nitrogen and oxygen atoms in total. The maximum absolute atomic E-state index is 11.0. The molecule has 0 atom stereocenters. The van der Waals surface area contributed by atoms with Gasteiger partial charge in [0.15, 0.2) is 5.65 Å². The molecule has 1 aliphatic rings. The number of carboxylic acid groups (broad SMARTS) is 1. The average Bonchev–Trinajstić information content (AvgIpc) is 2.82. The van der Waals surface area contributed by atoms with Crippen LogP contribution in [-0.4, -0.2) is 57.2 Å². The van der Waals surface area contributed by atoms with Crippen LogP contribution in [0.2, 0.25) is 0 Å². The van der Waals surface area contributed by atoms with Gasteiger partial charge < -0.3 is 14.7 Å². The number of nitrogens with zero attached hydrogens (tertiary/aromatic N) is 5. The number of aromatic nitrogens is 4. The van der Waals surface area contributed by atoms with Crippen molar-refractivity contribution in [1.82, 2.24) is 19.8 Å². The number of carbonyl (C=O) groups is 1. The Morgan fingerprint density at radius 3 is 2.78 bits per heavy atom. The van der Waals surface area contributed by atoms with Crippen molar-refractivity contribution >= 4 is 17.4 Å². The summed E-state index contributed by atoms with van der Waals surface area (Å²) >= 11 is 0. The minimum Gasteiger partial charge on any atom is -0.475 e. The largest absolute Gasteiger partial charge is 0.475 e. The number of aromatic carboxylic acids is 1. The van der Waals surface area contributed by atoms with E-state index < -0.39 is 5.97 Å². The van der Waals surface area contributed by atoms with Crippen LogP contribution in [0.1, 0.15) is 10.6 Å². The molecule has 1 N–H and O–H groups in total. The molecule has 2 aromatic heterocycles. The average molecular weight is 249 g/mol. The number of rotatable bonds is 2. The summed E-state index contributed by atoms with van der Waals surface area (Å²) in [4.78, 5) is 13.0. The smallest absolute Gasteiger partial charge is 0.375 e. The van der Waals surface area contributed by atoms with Gasteiger partial charge in [0.2, 0.25) is 0 Å². The highest BCUT2D eigenvalue weighted by atomic mass is 16.5. The highest BCUT2D eigenvalue weighted by molar-refractivity contribution is 5.84. The van der Waals surface area contributed by atoms with E-state index >= 15 is 0 Å². The van der Waals surface area contributed by atoms with Gasteiger partial charge in [-0.15, -0.1) is 15.3 Å². The fraction of sp³-hybridized carbons (Fsp3) is 0.400. The summed E-state index contributed by atoms with van der Waals surface area (Å²) in [5.41, 5.74) is 0.421. The zero-order chi connectivity index (χ0) is 12.5. The minimum absolute atomic E-state index is 0.180. The Morgan fingerprint density at radius 2 is 2.06 bits per heavy atom. The van der Waals surface area contributed by atoms with E-state index in [4.69, 9.17) is 9.84 Å². The normalized spacial score (nSPS) is 16.1. The molecular formula is C10H11N5O3. The van der Waals surface area contributed by atoms with Gasteiger partial charge in [0, 0.05) is 13.1 Å². The number of hydrogen-bond acceptors (Lipinski definition) is 6. The molecule has 2 aromatic rings. The number of ether oxygens (including phenoxy) is 1. The summed E-state index contributed by atoms with van der Waals surface area (Å²) in [5, 5.41) is 20.6. The number of anilines is 1. The van der Waals surface area contributed by atoms with Gasteiger partial charge in [0.05, 0.1) is 13.2 Å². The molecule has 8 heteroatoms. The summed E-state index contributed by atoms with van der Waals surface area (Å²) < 4.78 is 6.50. The van der Waals surface area contributed by atoms with Crippen molar-refractivity contribution < 1.29 is 14.6 Å². The molecule has 0 unspecified atom stereocenters. The standard InChI is InChI=1S/C10H11N5O3/c16-10(17)9-12-11-7-1-2-8(13-15(7)9)14-3-5-18-6-4-14/h1-2H,3-6H2,(H,16,17). The lowest BCUT2D eigenvalue weighted by molar-refractivity contribution is 0.0680. The second kappa shape index (κ2) is 4.22. The van der Waals surface area contributed by atoms with Crippen molar-refractivity contribution in [3.8, 4) is 0 Å². The molecule has 3 heterocycles. The van der Waals surface area contributed by atoms with Crippen LogP contribution in [0.15, 0.2) is 12.1 Å². The van der Waals surface area contributed by atoms with E-state index in [2.05, 4.69) is 15.3 Å². The van der Waals surface area contributed by atoms with Gasteiger partial charge in [-0.25, -0.2) is 4.79 Å². The molecule has 1 fully saturated rings. The number of morpholine rings is 1. The van der Waals surface area contributed by atoms with Crippen LogP contribution in [0.25, 0.3) is 5.65 Å². The lowest BCUT2D eigenvalue weighted by atomic mass is 10.4. The van der Waals surface area contributed by atoms with E-state index in [1.54, 1.807) is 12.1 Å². The maximum atomic E-state index is 11.0. The van der Waals surface area contributed by atoms with Crippen LogP contribution < -0.4 is 4.90 Å². The highest BCUT2D eigenvalue weighted by Gasteiger charge is 2.17. The molecule has 0 bridgehead atoms. The molecule has 0 aromatic carbocycles. The molecule has 18 heavy (non-hydrogen) atoms. The Labute approximate surface area is 102 Å². The van der Waals surface area contributed by atoms with Crippen LogP contribution in [-0.2, 0) is 4.74 Å². The van der Waals surface area contributed by atoms with E-state index in [1.165, 1.54) is 4.52 Å². The Balaban J connectivity index is 2.03. The zero-order valence-corrected chi connectivity index (χ0v) is 9.48. The van der Waals surface area contributed by atoms with Crippen LogP contribution in [0.5, 0.6) is 0 Å². The fourth-order valence-corrected chi connectivity index (χ4v) is 1.87. The van der Waals surface area contributed by atoms with Gasteiger partial charge in [-0.05, 0) is 12.1 Å². The van der Waals surface area contributed by atoms with Gasteiger partial charge in [-0.2, -0.15) is 4.52 Å². The summed E-state index contributed by atoms with van der Waals surface area (Å²) in [7, 11) is 0. The lowest BCUT2D eigenvalue weighted by Crippen LogP contribution is -2.37. The van der Waals surface area contributed by atoms with Crippen molar-refractivity contribution in [2.24, 2.45) is 0 Å². The number of hydrogen-bond donors (Lipinski definition) is 1. The SMILES string of the molecule is O=C(O)c1nnc2ccc(N3CCOCC3)nn12. The Hall–Kier alpha value is -2.22. The number of fused-ring (bicyclic) bond motifs is 1. The van der Waals surface area contributed by atoms with Crippen LogP contribution in [0.4, 0.5) is 5.82 Å². The predicted octanol–water partition coefficient (Wildman–Crippen LogP) is -0.341. The van der Waals surface area contributed by atoms with Crippen LogP contribution in [0, 0.1) is 0 Å². The minimum atomic E-state index is -1.14. The van der Waals surface area contributed by atoms with E-state index in [0.717, 1.165) is 13.1 Å². The Bertz CT molecular complexity index is 590. The topological polar surface area (TPSA) is 92.8 Å². The van der Waals surface area contributed by atoms with Gasteiger partial charge in [0.1, 0.15) is 5.82 Å². The molecule has 3 rings (SSSR count). The molecule has 0 radical (unpaired) electrons. The summed E-state index contributed by atoms with van der Waals surface area (Å²) in [6.07, 6.45) is 0. The Kier molecular flexibility index (Phi) is 2.56. The van der Waals surface area contributed by atoms with E-state index in [-0.39, 0.29) is 5.82 Å². The van der Waals surface area contributed by atoms with Crippen molar-refractivity contribution in [2.45, 2.75) is 0 Å². The van der Waals surface area contributed by atoms with Crippen molar-refractivity contribution in [3.63, 3.8) is 0 Å². The predicted molar refractivity (Wildman–Crippen MR) is 60.8 cm³/mol. The third kappa shape index (κ3) is 1.76. The maximum Gasteiger partial charge on any atom is 0.375 e. The molecule has 0 amide bonds. The van der Waals surface area contributed by atoms with Gasteiger partial charge >= 0.3 is 5.97 Å². The van der Waals surface area contributed by atoms with Crippen molar-refractivity contribution in [2.75, 3.05) is 31.2 Å². The second-order valence-electron chi connectivity index (χ2n) is 3.89. The van der Waals surface area contributed by atoms with E-state index in [1.807, 2.05) is 4.90 Å². The summed E-state index contributed by atoms with van der Waals surface area (Å²) in [5.74, 6) is -0.623. The molecule has 0 aliphatic carbocycles. The quantitative estimate of drug-likeness (QED) is 0.778. The van der Waals surface area contributed by atoms with E-state index in [0.29, 0.717) is 24.7 Å². The first-order valence-electron chi connectivity index (χ1n) is 5.54. The number of carboxylic acids is 1.